The minimum atomic E-state index is -0.777. The van der Waals surface area contributed by atoms with Crippen LogP contribution in [0.3, 0.4) is 0 Å². The van der Waals surface area contributed by atoms with Crippen molar-refractivity contribution in [3.05, 3.63) is 72.6 Å². The first-order valence-electron chi connectivity index (χ1n) is 9.96. The highest BCUT2D eigenvalue weighted by Gasteiger charge is 2.15. The monoisotopic (exact) mass is 401 g/mol. The standard InChI is InChI=1S/C24H23N3O3/c1-17-7-9-19(10-8-17)27-22-15-20(30-14-3-2-6-23(28)29)11-12-21(22)26-24(27)18-5-4-13-25-16-18/h4-5,7-13,15-16H,2-3,6,14H2,1H3,(H,28,29). The van der Waals surface area contributed by atoms with Crippen LogP contribution in [0.15, 0.2) is 67.0 Å². The van der Waals surface area contributed by atoms with Crippen LogP contribution in [0.5, 0.6) is 5.75 Å². The molecule has 30 heavy (non-hydrogen) atoms. The van der Waals surface area contributed by atoms with Crippen molar-refractivity contribution < 1.29 is 14.6 Å². The Hall–Kier alpha value is -3.67. The fourth-order valence-corrected chi connectivity index (χ4v) is 3.36. The summed E-state index contributed by atoms with van der Waals surface area (Å²) in [6, 6.07) is 18.1. The number of aliphatic carboxylic acids is 1. The molecule has 1 N–H and O–H groups in total. The SMILES string of the molecule is Cc1ccc(-n2c(-c3cccnc3)nc3ccc(OCCCCC(=O)O)cc32)cc1. The van der Waals surface area contributed by atoms with Crippen LogP contribution in [0.4, 0.5) is 0 Å². The summed E-state index contributed by atoms with van der Waals surface area (Å²) in [4.78, 5) is 19.7. The molecule has 2 aromatic carbocycles. The lowest BCUT2D eigenvalue weighted by atomic mass is 10.2. The van der Waals surface area contributed by atoms with Gasteiger partial charge in [-0.25, -0.2) is 4.98 Å². The van der Waals surface area contributed by atoms with Gasteiger partial charge in [-0.05, 0) is 56.2 Å². The highest BCUT2D eigenvalue weighted by Crippen LogP contribution is 2.30. The number of imidazole rings is 1. The Balaban J connectivity index is 1.70. The number of hydrogen-bond acceptors (Lipinski definition) is 4. The summed E-state index contributed by atoms with van der Waals surface area (Å²) in [5.41, 5.74) is 4.95. The van der Waals surface area contributed by atoms with Gasteiger partial charge in [0.25, 0.3) is 0 Å². The van der Waals surface area contributed by atoms with Gasteiger partial charge < -0.3 is 9.84 Å². The van der Waals surface area contributed by atoms with Gasteiger partial charge in [0.15, 0.2) is 0 Å². The highest BCUT2D eigenvalue weighted by atomic mass is 16.5. The summed E-state index contributed by atoms with van der Waals surface area (Å²) in [5.74, 6) is 0.783. The third-order valence-electron chi connectivity index (χ3n) is 4.89. The maximum atomic E-state index is 10.6. The Morgan fingerprint density at radius 2 is 1.93 bits per heavy atom. The number of pyridine rings is 1. The molecule has 2 aromatic heterocycles. The lowest BCUT2D eigenvalue weighted by Gasteiger charge is -2.11. The van der Waals surface area contributed by atoms with Crippen LogP contribution in [0, 0.1) is 6.92 Å². The van der Waals surface area contributed by atoms with Crippen LogP contribution < -0.4 is 4.74 Å². The minimum Gasteiger partial charge on any atom is -0.494 e. The summed E-state index contributed by atoms with van der Waals surface area (Å²) < 4.78 is 7.99. The highest BCUT2D eigenvalue weighted by molar-refractivity contribution is 5.84. The number of fused-ring (bicyclic) bond motifs is 1. The maximum Gasteiger partial charge on any atom is 0.303 e. The number of carboxylic acids is 1. The first-order valence-corrected chi connectivity index (χ1v) is 9.96. The zero-order chi connectivity index (χ0) is 20.9. The summed E-state index contributed by atoms with van der Waals surface area (Å²) in [6.07, 6.45) is 5.02. The van der Waals surface area contributed by atoms with E-state index in [0.29, 0.717) is 19.4 Å². The predicted molar refractivity (Wildman–Crippen MR) is 116 cm³/mol. The molecule has 0 aliphatic rings. The molecule has 0 saturated carbocycles. The Kier molecular flexibility index (Phi) is 5.75. The van der Waals surface area contributed by atoms with Crippen molar-refractivity contribution in [2.24, 2.45) is 0 Å². The number of unbranched alkanes of at least 4 members (excludes halogenated alkanes) is 1. The normalized spacial score (nSPS) is 11.0. The zero-order valence-corrected chi connectivity index (χ0v) is 16.8. The number of carboxylic acid groups (broad SMARTS) is 1. The molecular weight excluding hydrogens is 378 g/mol. The number of aryl methyl sites for hydroxylation is 1. The van der Waals surface area contributed by atoms with Gasteiger partial charge in [-0.3, -0.25) is 14.3 Å². The van der Waals surface area contributed by atoms with Crippen LogP contribution in [-0.4, -0.2) is 32.2 Å². The number of benzene rings is 2. The van der Waals surface area contributed by atoms with E-state index < -0.39 is 5.97 Å². The molecule has 0 radical (unpaired) electrons. The molecule has 152 valence electrons. The largest absolute Gasteiger partial charge is 0.494 e. The van der Waals surface area contributed by atoms with Crippen molar-refractivity contribution in [1.82, 2.24) is 14.5 Å². The predicted octanol–water partition coefficient (Wildman–Crippen LogP) is 5.03. The van der Waals surface area contributed by atoms with Gasteiger partial charge >= 0.3 is 5.97 Å². The topological polar surface area (TPSA) is 77.2 Å². The van der Waals surface area contributed by atoms with E-state index in [1.807, 2.05) is 36.5 Å². The fraction of sp³-hybridized carbons (Fsp3) is 0.208. The Bertz CT molecular complexity index is 1150. The van der Waals surface area contributed by atoms with Gasteiger partial charge in [0, 0.05) is 36.1 Å². The van der Waals surface area contributed by atoms with Crippen LogP contribution in [0.2, 0.25) is 0 Å². The molecule has 0 bridgehead atoms. The smallest absolute Gasteiger partial charge is 0.303 e. The van der Waals surface area contributed by atoms with Crippen LogP contribution in [0.1, 0.15) is 24.8 Å². The molecule has 0 saturated heterocycles. The number of nitrogens with zero attached hydrogens (tertiary/aromatic N) is 3. The number of carbonyl (C=O) groups is 1. The van der Waals surface area contributed by atoms with Crippen LogP contribution >= 0.6 is 0 Å². The number of aromatic nitrogens is 3. The van der Waals surface area contributed by atoms with Crippen molar-refractivity contribution in [3.63, 3.8) is 0 Å². The number of hydrogen-bond donors (Lipinski definition) is 1. The molecule has 0 spiro atoms. The second kappa shape index (κ2) is 8.78. The number of ether oxygens (including phenoxy) is 1. The molecule has 6 nitrogen and oxygen atoms in total. The molecule has 2 heterocycles. The van der Waals surface area contributed by atoms with Gasteiger partial charge in [-0.2, -0.15) is 0 Å². The lowest BCUT2D eigenvalue weighted by molar-refractivity contribution is -0.137. The molecule has 6 heteroatoms. The molecule has 0 amide bonds. The second-order valence-corrected chi connectivity index (χ2v) is 7.20. The maximum absolute atomic E-state index is 10.6. The quantitative estimate of drug-likeness (QED) is 0.419. The van der Waals surface area contributed by atoms with Crippen molar-refractivity contribution in [2.75, 3.05) is 6.61 Å². The van der Waals surface area contributed by atoms with Gasteiger partial charge in [0.05, 0.1) is 17.6 Å². The molecule has 0 unspecified atom stereocenters. The molecule has 0 aliphatic heterocycles. The third kappa shape index (κ3) is 4.33. The van der Waals surface area contributed by atoms with Crippen molar-refractivity contribution in [2.45, 2.75) is 26.2 Å². The van der Waals surface area contributed by atoms with E-state index in [1.165, 1.54) is 5.56 Å². The Morgan fingerprint density at radius 1 is 1.10 bits per heavy atom. The molecular formula is C24H23N3O3. The first kappa shape index (κ1) is 19.6. The fourth-order valence-electron chi connectivity index (χ4n) is 3.36. The molecule has 4 rings (SSSR count). The van der Waals surface area contributed by atoms with E-state index in [9.17, 15) is 4.79 Å². The van der Waals surface area contributed by atoms with Gasteiger partial charge in [0.2, 0.25) is 0 Å². The second-order valence-electron chi connectivity index (χ2n) is 7.20. The lowest BCUT2D eigenvalue weighted by Crippen LogP contribution is -2.01. The van der Waals surface area contributed by atoms with Crippen molar-refractivity contribution in [1.29, 1.82) is 0 Å². The van der Waals surface area contributed by atoms with Gasteiger partial charge in [-0.1, -0.05) is 17.7 Å². The molecule has 0 atom stereocenters. The summed E-state index contributed by atoms with van der Waals surface area (Å²) in [5, 5.41) is 8.75. The van der Waals surface area contributed by atoms with E-state index in [0.717, 1.165) is 33.9 Å². The minimum absolute atomic E-state index is 0.164. The number of rotatable bonds is 8. The molecule has 4 aromatic rings. The summed E-state index contributed by atoms with van der Waals surface area (Å²) in [7, 11) is 0. The summed E-state index contributed by atoms with van der Waals surface area (Å²) >= 11 is 0. The Labute approximate surface area is 174 Å². The third-order valence-corrected chi connectivity index (χ3v) is 4.89. The van der Waals surface area contributed by atoms with Crippen LogP contribution in [0.25, 0.3) is 28.1 Å². The van der Waals surface area contributed by atoms with Crippen molar-refractivity contribution >= 4 is 17.0 Å². The summed E-state index contributed by atoms with van der Waals surface area (Å²) in [6.45, 7) is 2.54. The molecule has 0 fully saturated rings. The van der Waals surface area contributed by atoms with E-state index in [2.05, 4.69) is 40.7 Å². The van der Waals surface area contributed by atoms with Gasteiger partial charge in [-0.15, -0.1) is 0 Å². The zero-order valence-electron chi connectivity index (χ0n) is 16.8. The molecule has 0 aliphatic carbocycles. The van der Waals surface area contributed by atoms with Crippen LogP contribution in [-0.2, 0) is 4.79 Å². The van der Waals surface area contributed by atoms with E-state index in [-0.39, 0.29) is 6.42 Å². The van der Waals surface area contributed by atoms with E-state index >= 15 is 0 Å². The average molecular weight is 401 g/mol. The van der Waals surface area contributed by atoms with Gasteiger partial charge in [0.1, 0.15) is 11.6 Å². The first-order chi connectivity index (χ1) is 14.6. The average Bonchev–Trinajstić information content (AvgIpc) is 3.13. The van der Waals surface area contributed by atoms with E-state index in [4.69, 9.17) is 14.8 Å². The Morgan fingerprint density at radius 3 is 2.67 bits per heavy atom. The van der Waals surface area contributed by atoms with E-state index in [1.54, 1.807) is 6.20 Å². The van der Waals surface area contributed by atoms with Crippen molar-refractivity contribution in [3.8, 4) is 22.8 Å².